The van der Waals surface area contributed by atoms with Crippen molar-refractivity contribution in [3.8, 4) is 0 Å². The van der Waals surface area contributed by atoms with Gasteiger partial charge in [0.05, 0.1) is 0 Å². The number of benzene rings is 1. The molecule has 1 atom stereocenters. The van der Waals surface area contributed by atoms with Gasteiger partial charge in [-0.05, 0) is 38.5 Å². The van der Waals surface area contributed by atoms with Crippen LogP contribution < -0.4 is 10.6 Å². The lowest BCUT2D eigenvalue weighted by Crippen LogP contribution is -2.11. The molecule has 0 aliphatic carbocycles. The summed E-state index contributed by atoms with van der Waals surface area (Å²) in [6.45, 7) is 7.04. The van der Waals surface area contributed by atoms with Gasteiger partial charge >= 0.3 is 0 Å². The fraction of sp³-hybridized carbons (Fsp3) is 0.333. The van der Waals surface area contributed by atoms with E-state index < -0.39 is 0 Å². The smallest absolute Gasteiger partial charge is 0.134 e. The Hall–Kier alpha value is -1.62. The SMILES string of the molecule is CCNc1ncnc(NC(C)c2cccc(Br)c2)c1C. The Kier molecular flexibility index (Phi) is 4.95. The van der Waals surface area contributed by atoms with E-state index in [1.165, 1.54) is 5.56 Å². The highest BCUT2D eigenvalue weighted by Crippen LogP contribution is 2.24. The molecule has 2 aromatic rings. The maximum absolute atomic E-state index is 4.34. The van der Waals surface area contributed by atoms with Crippen molar-refractivity contribution in [1.82, 2.24) is 9.97 Å². The van der Waals surface area contributed by atoms with Crippen LogP contribution >= 0.6 is 15.9 Å². The highest BCUT2D eigenvalue weighted by atomic mass is 79.9. The van der Waals surface area contributed by atoms with Crippen molar-refractivity contribution in [2.75, 3.05) is 17.2 Å². The van der Waals surface area contributed by atoms with Crippen LogP contribution in [0.3, 0.4) is 0 Å². The van der Waals surface area contributed by atoms with Crippen molar-refractivity contribution in [2.24, 2.45) is 0 Å². The number of aromatic nitrogens is 2. The van der Waals surface area contributed by atoms with Gasteiger partial charge in [0.2, 0.25) is 0 Å². The number of nitrogens with one attached hydrogen (secondary N) is 2. The third-order valence-electron chi connectivity index (χ3n) is 3.13. The fourth-order valence-corrected chi connectivity index (χ4v) is 2.42. The Bertz CT molecular complexity index is 586. The highest BCUT2D eigenvalue weighted by Gasteiger charge is 2.10. The molecule has 0 aliphatic heterocycles. The van der Waals surface area contributed by atoms with Gasteiger partial charge < -0.3 is 10.6 Å². The van der Waals surface area contributed by atoms with Gasteiger partial charge in [0.15, 0.2) is 0 Å². The zero-order valence-electron chi connectivity index (χ0n) is 11.9. The van der Waals surface area contributed by atoms with Crippen LogP contribution in [-0.2, 0) is 0 Å². The van der Waals surface area contributed by atoms with Crippen molar-refractivity contribution in [2.45, 2.75) is 26.8 Å². The molecule has 20 heavy (non-hydrogen) atoms. The highest BCUT2D eigenvalue weighted by molar-refractivity contribution is 9.10. The summed E-state index contributed by atoms with van der Waals surface area (Å²) in [7, 11) is 0. The Morgan fingerprint density at radius 2 is 2.00 bits per heavy atom. The second-order valence-electron chi connectivity index (χ2n) is 4.65. The molecule has 1 unspecified atom stereocenters. The summed E-state index contributed by atoms with van der Waals surface area (Å²) in [6, 6.07) is 8.45. The average molecular weight is 335 g/mol. The summed E-state index contributed by atoms with van der Waals surface area (Å²) < 4.78 is 1.08. The molecule has 0 bridgehead atoms. The second-order valence-corrected chi connectivity index (χ2v) is 5.56. The zero-order chi connectivity index (χ0) is 14.5. The van der Waals surface area contributed by atoms with Gasteiger partial charge in [0.25, 0.3) is 0 Å². The Balaban J connectivity index is 2.19. The normalized spacial score (nSPS) is 12.0. The fourth-order valence-electron chi connectivity index (χ4n) is 2.01. The number of hydrogen-bond acceptors (Lipinski definition) is 4. The van der Waals surface area contributed by atoms with Crippen molar-refractivity contribution in [3.05, 3.63) is 46.2 Å². The monoisotopic (exact) mass is 334 g/mol. The number of anilines is 2. The minimum atomic E-state index is 0.176. The van der Waals surface area contributed by atoms with E-state index in [0.717, 1.165) is 28.2 Å². The van der Waals surface area contributed by atoms with E-state index in [0.29, 0.717) is 0 Å². The third-order valence-corrected chi connectivity index (χ3v) is 3.62. The third kappa shape index (κ3) is 3.48. The van der Waals surface area contributed by atoms with Gasteiger partial charge in [-0.3, -0.25) is 0 Å². The van der Waals surface area contributed by atoms with E-state index in [1.54, 1.807) is 6.33 Å². The zero-order valence-corrected chi connectivity index (χ0v) is 13.5. The van der Waals surface area contributed by atoms with Crippen LogP contribution in [-0.4, -0.2) is 16.5 Å². The summed E-state index contributed by atoms with van der Waals surface area (Å²) in [5, 5.41) is 6.68. The lowest BCUT2D eigenvalue weighted by atomic mass is 10.1. The number of nitrogens with zero attached hydrogens (tertiary/aromatic N) is 2. The minimum absolute atomic E-state index is 0.176. The summed E-state index contributed by atoms with van der Waals surface area (Å²) >= 11 is 3.50. The van der Waals surface area contributed by atoms with Crippen LogP contribution in [0.5, 0.6) is 0 Å². The summed E-state index contributed by atoms with van der Waals surface area (Å²) in [4.78, 5) is 8.59. The second kappa shape index (κ2) is 6.70. The molecule has 1 aromatic carbocycles. The lowest BCUT2D eigenvalue weighted by Gasteiger charge is -2.18. The van der Waals surface area contributed by atoms with Gasteiger partial charge in [-0.15, -0.1) is 0 Å². The molecule has 2 N–H and O–H groups in total. The molecule has 5 heteroatoms. The van der Waals surface area contributed by atoms with Crippen LogP contribution in [0.4, 0.5) is 11.6 Å². The maximum atomic E-state index is 4.34. The van der Waals surface area contributed by atoms with E-state index in [4.69, 9.17) is 0 Å². The van der Waals surface area contributed by atoms with E-state index in [1.807, 2.05) is 19.1 Å². The van der Waals surface area contributed by atoms with Crippen molar-refractivity contribution < 1.29 is 0 Å². The van der Waals surface area contributed by atoms with E-state index in [2.05, 4.69) is 62.5 Å². The topological polar surface area (TPSA) is 49.8 Å². The molecule has 1 heterocycles. The Labute approximate surface area is 128 Å². The van der Waals surface area contributed by atoms with Gasteiger partial charge in [-0.2, -0.15) is 0 Å². The van der Waals surface area contributed by atoms with E-state index in [-0.39, 0.29) is 6.04 Å². The van der Waals surface area contributed by atoms with Gasteiger partial charge in [-0.1, -0.05) is 28.1 Å². The summed E-state index contributed by atoms with van der Waals surface area (Å²) in [6.07, 6.45) is 1.58. The first-order valence-electron chi connectivity index (χ1n) is 6.69. The number of hydrogen-bond donors (Lipinski definition) is 2. The molecule has 0 radical (unpaired) electrons. The molecule has 0 aliphatic rings. The molecular weight excluding hydrogens is 316 g/mol. The van der Waals surface area contributed by atoms with Crippen LogP contribution in [0.1, 0.15) is 31.0 Å². The van der Waals surface area contributed by atoms with Crippen LogP contribution in [0.25, 0.3) is 0 Å². The van der Waals surface area contributed by atoms with Crippen molar-refractivity contribution in [1.29, 1.82) is 0 Å². The first-order valence-corrected chi connectivity index (χ1v) is 7.48. The first-order chi connectivity index (χ1) is 9.61. The van der Waals surface area contributed by atoms with Gasteiger partial charge in [-0.25, -0.2) is 9.97 Å². The molecule has 0 saturated carbocycles. The summed E-state index contributed by atoms with van der Waals surface area (Å²) in [5.41, 5.74) is 2.25. The number of halogens is 1. The van der Waals surface area contributed by atoms with Crippen LogP contribution in [0.2, 0.25) is 0 Å². The van der Waals surface area contributed by atoms with Gasteiger partial charge in [0.1, 0.15) is 18.0 Å². The molecule has 4 nitrogen and oxygen atoms in total. The van der Waals surface area contributed by atoms with E-state index >= 15 is 0 Å². The molecule has 0 amide bonds. The largest absolute Gasteiger partial charge is 0.370 e. The van der Waals surface area contributed by atoms with E-state index in [9.17, 15) is 0 Å². The van der Waals surface area contributed by atoms with Crippen LogP contribution in [0, 0.1) is 6.92 Å². The molecule has 106 valence electrons. The molecule has 0 spiro atoms. The first kappa shape index (κ1) is 14.8. The van der Waals surface area contributed by atoms with Crippen molar-refractivity contribution in [3.63, 3.8) is 0 Å². The predicted molar refractivity (Wildman–Crippen MR) is 87.1 cm³/mol. The van der Waals surface area contributed by atoms with Crippen molar-refractivity contribution >= 4 is 27.6 Å². The standard InChI is InChI=1S/C15H19BrN4/c1-4-17-14-10(2)15(19-9-18-14)20-11(3)12-6-5-7-13(16)8-12/h5-9,11H,4H2,1-3H3,(H2,17,18,19,20). The Morgan fingerprint density at radius 3 is 2.70 bits per heavy atom. The molecule has 0 fully saturated rings. The molecule has 2 rings (SSSR count). The number of rotatable bonds is 5. The van der Waals surface area contributed by atoms with Gasteiger partial charge in [0, 0.05) is 22.6 Å². The molecule has 0 saturated heterocycles. The minimum Gasteiger partial charge on any atom is -0.370 e. The Morgan fingerprint density at radius 1 is 1.25 bits per heavy atom. The average Bonchev–Trinajstić information content (AvgIpc) is 2.43. The predicted octanol–water partition coefficient (Wildman–Crippen LogP) is 4.15. The maximum Gasteiger partial charge on any atom is 0.134 e. The summed E-state index contributed by atoms with van der Waals surface area (Å²) in [5.74, 6) is 1.75. The molecule has 1 aromatic heterocycles. The molecular formula is C15H19BrN4. The quantitative estimate of drug-likeness (QED) is 0.862. The van der Waals surface area contributed by atoms with Crippen LogP contribution in [0.15, 0.2) is 35.1 Å². The lowest BCUT2D eigenvalue weighted by molar-refractivity contribution is 0.867.